The van der Waals surface area contributed by atoms with Gasteiger partial charge in [-0.2, -0.15) is 0 Å². The first-order valence-electron chi connectivity index (χ1n) is 5.83. The van der Waals surface area contributed by atoms with E-state index in [4.69, 9.17) is 11.2 Å². The summed E-state index contributed by atoms with van der Waals surface area (Å²) in [7, 11) is 0. The summed E-state index contributed by atoms with van der Waals surface area (Å²) in [5.74, 6) is 3.16. The summed E-state index contributed by atoms with van der Waals surface area (Å²) in [6, 6.07) is 7.90. The highest BCUT2D eigenvalue weighted by Gasteiger charge is 2.11. The molecule has 0 bridgehead atoms. The number of hydrogen-bond donors (Lipinski definition) is 1. The second-order valence-electron chi connectivity index (χ2n) is 5.08. The third kappa shape index (κ3) is 5.42. The predicted molar refractivity (Wildman–Crippen MR) is 70.0 cm³/mol. The number of aryl methyl sites for hydroxylation is 1. The van der Waals surface area contributed by atoms with Crippen LogP contribution in [0.4, 0.5) is 0 Å². The van der Waals surface area contributed by atoms with Gasteiger partial charge in [0, 0.05) is 0 Å². The fraction of sp³-hybridized carbons (Fsp3) is 0.467. The van der Waals surface area contributed by atoms with Gasteiger partial charge in [0.2, 0.25) is 0 Å². The summed E-state index contributed by atoms with van der Waals surface area (Å²) in [4.78, 5) is 0. The van der Waals surface area contributed by atoms with Crippen molar-refractivity contribution in [2.45, 2.75) is 45.3 Å². The zero-order valence-corrected chi connectivity index (χ0v) is 10.7. The Morgan fingerprint density at radius 3 is 2.71 bits per heavy atom. The average molecular weight is 232 g/mol. The van der Waals surface area contributed by atoms with Crippen LogP contribution in [0.25, 0.3) is 0 Å². The maximum absolute atomic E-state index is 9.31. The second kappa shape index (κ2) is 5.75. The first kappa shape index (κ1) is 13.6. The monoisotopic (exact) mass is 232 g/mol. The SMILES string of the molecule is C#CC(O)CCc1cccc(OC(C)(C)C)c1. The minimum Gasteiger partial charge on any atom is -0.488 e. The van der Waals surface area contributed by atoms with Gasteiger partial charge in [0.25, 0.3) is 0 Å². The number of aliphatic hydroxyl groups is 1. The van der Waals surface area contributed by atoms with Gasteiger partial charge in [0.05, 0.1) is 0 Å². The molecule has 1 rings (SSSR count). The van der Waals surface area contributed by atoms with E-state index < -0.39 is 6.10 Å². The van der Waals surface area contributed by atoms with E-state index in [-0.39, 0.29) is 5.60 Å². The molecule has 0 aliphatic rings. The van der Waals surface area contributed by atoms with Gasteiger partial charge in [-0.3, -0.25) is 0 Å². The zero-order valence-electron chi connectivity index (χ0n) is 10.7. The summed E-state index contributed by atoms with van der Waals surface area (Å²) in [5.41, 5.74) is 0.929. The van der Waals surface area contributed by atoms with Crippen LogP contribution >= 0.6 is 0 Å². The highest BCUT2D eigenvalue weighted by molar-refractivity contribution is 5.29. The summed E-state index contributed by atoms with van der Waals surface area (Å²) in [6.07, 6.45) is 5.80. The van der Waals surface area contributed by atoms with Crippen molar-refractivity contribution in [3.05, 3.63) is 29.8 Å². The van der Waals surface area contributed by atoms with Crippen molar-refractivity contribution in [3.8, 4) is 18.1 Å². The number of benzene rings is 1. The quantitative estimate of drug-likeness (QED) is 0.809. The van der Waals surface area contributed by atoms with Crippen molar-refractivity contribution in [2.24, 2.45) is 0 Å². The lowest BCUT2D eigenvalue weighted by atomic mass is 10.1. The summed E-state index contributed by atoms with van der Waals surface area (Å²) >= 11 is 0. The average Bonchev–Trinajstić information content (AvgIpc) is 2.24. The highest BCUT2D eigenvalue weighted by Crippen LogP contribution is 2.20. The molecule has 0 radical (unpaired) electrons. The summed E-state index contributed by atoms with van der Waals surface area (Å²) in [5, 5.41) is 9.31. The van der Waals surface area contributed by atoms with Crippen molar-refractivity contribution >= 4 is 0 Å². The van der Waals surface area contributed by atoms with E-state index in [1.54, 1.807) is 0 Å². The van der Waals surface area contributed by atoms with Crippen molar-refractivity contribution in [2.75, 3.05) is 0 Å². The lowest BCUT2D eigenvalue weighted by molar-refractivity contribution is 0.131. The van der Waals surface area contributed by atoms with Gasteiger partial charge < -0.3 is 9.84 Å². The third-order valence-electron chi connectivity index (χ3n) is 2.22. The molecule has 0 aliphatic heterocycles. The molecule has 0 aliphatic carbocycles. The predicted octanol–water partition coefficient (Wildman–Crippen LogP) is 2.79. The minimum atomic E-state index is -0.665. The fourth-order valence-corrected chi connectivity index (χ4v) is 1.50. The maximum atomic E-state index is 9.31. The molecule has 2 heteroatoms. The molecule has 1 aromatic carbocycles. The van der Waals surface area contributed by atoms with Crippen molar-refractivity contribution in [1.29, 1.82) is 0 Å². The Labute approximate surface area is 104 Å². The third-order valence-corrected chi connectivity index (χ3v) is 2.22. The van der Waals surface area contributed by atoms with Gasteiger partial charge in [0.1, 0.15) is 17.5 Å². The number of hydrogen-bond acceptors (Lipinski definition) is 2. The Balaban J connectivity index is 2.64. The molecule has 0 fully saturated rings. The molecule has 1 N–H and O–H groups in total. The zero-order chi connectivity index (χ0) is 12.9. The van der Waals surface area contributed by atoms with E-state index in [2.05, 4.69) is 5.92 Å². The van der Waals surface area contributed by atoms with Crippen LogP contribution in [0.1, 0.15) is 32.8 Å². The topological polar surface area (TPSA) is 29.5 Å². The number of ether oxygens (including phenoxy) is 1. The van der Waals surface area contributed by atoms with E-state index in [9.17, 15) is 5.11 Å². The molecule has 1 aromatic rings. The lowest BCUT2D eigenvalue weighted by Gasteiger charge is -2.21. The van der Waals surface area contributed by atoms with Crippen molar-refractivity contribution in [3.63, 3.8) is 0 Å². The highest BCUT2D eigenvalue weighted by atomic mass is 16.5. The smallest absolute Gasteiger partial charge is 0.120 e. The molecular formula is C15H20O2. The first-order chi connectivity index (χ1) is 7.90. The van der Waals surface area contributed by atoms with Crippen molar-refractivity contribution < 1.29 is 9.84 Å². The largest absolute Gasteiger partial charge is 0.488 e. The van der Waals surface area contributed by atoms with Crippen LogP contribution in [0.15, 0.2) is 24.3 Å². The standard InChI is InChI=1S/C15H20O2/c1-5-13(16)10-9-12-7-6-8-14(11-12)17-15(2,3)4/h1,6-8,11,13,16H,9-10H2,2-4H3. The van der Waals surface area contributed by atoms with E-state index >= 15 is 0 Å². The van der Waals surface area contributed by atoms with E-state index in [0.717, 1.165) is 17.7 Å². The summed E-state index contributed by atoms with van der Waals surface area (Å²) in [6.45, 7) is 6.05. The molecular weight excluding hydrogens is 212 g/mol. The normalized spacial score (nSPS) is 12.9. The summed E-state index contributed by atoms with van der Waals surface area (Å²) < 4.78 is 5.77. The molecule has 1 atom stereocenters. The van der Waals surface area contributed by atoms with Crippen LogP contribution in [-0.4, -0.2) is 16.8 Å². The number of terminal acetylenes is 1. The Morgan fingerprint density at radius 2 is 2.12 bits per heavy atom. The van der Waals surface area contributed by atoms with Crippen LogP contribution in [0.3, 0.4) is 0 Å². The Bertz CT molecular complexity index is 396. The number of aliphatic hydroxyl groups excluding tert-OH is 1. The van der Waals surface area contributed by atoms with Gasteiger partial charge in [-0.1, -0.05) is 18.1 Å². The van der Waals surface area contributed by atoms with E-state index in [1.807, 2.05) is 45.0 Å². The van der Waals surface area contributed by atoms with Gasteiger partial charge in [0.15, 0.2) is 0 Å². The van der Waals surface area contributed by atoms with Crippen LogP contribution in [0.5, 0.6) is 5.75 Å². The fourth-order valence-electron chi connectivity index (χ4n) is 1.50. The van der Waals surface area contributed by atoms with Crippen LogP contribution in [0.2, 0.25) is 0 Å². The molecule has 0 heterocycles. The lowest BCUT2D eigenvalue weighted by Crippen LogP contribution is -2.22. The van der Waals surface area contributed by atoms with Crippen LogP contribution in [0, 0.1) is 12.3 Å². The van der Waals surface area contributed by atoms with Gasteiger partial charge in [-0.15, -0.1) is 6.42 Å². The number of rotatable bonds is 4. The van der Waals surface area contributed by atoms with Crippen LogP contribution < -0.4 is 4.74 Å². The molecule has 17 heavy (non-hydrogen) atoms. The molecule has 2 nitrogen and oxygen atoms in total. The molecule has 0 spiro atoms. The first-order valence-corrected chi connectivity index (χ1v) is 5.83. The second-order valence-corrected chi connectivity index (χ2v) is 5.08. The van der Waals surface area contributed by atoms with Gasteiger partial charge in [-0.05, 0) is 51.3 Å². The van der Waals surface area contributed by atoms with E-state index in [0.29, 0.717) is 6.42 Å². The Hall–Kier alpha value is -1.46. The van der Waals surface area contributed by atoms with Crippen molar-refractivity contribution in [1.82, 2.24) is 0 Å². The van der Waals surface area contributed by atoms with Gasteiger partial charge in [-0.25, -0.2) is 0 Å². The minimum absolute atomic E-state index is 0.197. The van der Waals surface area contributed by atoms with Crippen LogP contribution in [-0.2, 0) is 6.42 Å². The maximum Gasteiger partial charge on any atom is 0.120 e. The molecule has 1 unspecified atom stereocenters. The molecule has 92 valence electrons. The van der Waals surface area contributed by atoms with Gasteiger partial charge >= 0.3 is 0 Å². The molecule has 0 amide bonds. The molecule has 0 aromatic heterocycles. The molecule has 0 saturated carbocycles. The Kier molecular flexibility index (Phi) is 4.60. The van der Waals surface area contributed by atoms with E-state index in [1.165, 1.54) is 0 Å². The Morgan fingerprint density at radius 1 is 1.41 bits per heavy atom. The molecule has 0 saturated heterocycles.